The molecule has 3 aromatic rings. The maximum Gasteiger partial charge on any atom is 0.303 e. The van der Waals surface area contributed by atoms with Gasteiger partial charge in [0.25, 0.3) is 0 Å². The van der Waals surface area contributed by atoms with Gasteiger partial charge in [-0.05, 0) is 37.7 Å². The fourth-order valence-electron chi connectivity index (χ4n) is 4.01. The number of nitrogens with zero attached hydrogens (tertiary/aromatic N) is 3. The summed E-state index contributed by atoms with van der Waals surface area (Å²) in [6.07, 6.45) is 0. The fourth-order valence-corrected chi connectivity index (χ4v) is 4.92. The molecule has 2 aliphatic heterocycles. The zero-order valence-corrected chi connectivity index (χ0v) is 19.9. The highest BCUT2D eigenvalue weighted by molar-refractivity contribution is 7.17. The minimum absolute atomic E-state index is 0.0618. The molecule has 0 spiro atoms. The Bertz CT molecular complexity index is 1340. The number of rotatable bonds is 3. The first-order chi connectivity index (χ1) is 16.5. The van der Waals surface area contributed by atoms with E-state index >= 15 is 0 Å². The summed E-state index contributed by atoms with van der Waals surface area (Å²) in [7, 11) is 3.81. The van der Waals surface area contributed by atoms with Crippen LogP contribution in [0.5, 0.6) is 5.75 Å². The van der Waals surface area contributed by atoms with Crippen LogP contribution in [0.25, 0.3) is 21.4 Å². The van der Waals surface area contributed by atoms with Gasteiger partial charge in [0, 0.05) is 30.1 Å². The maximum atomic E-state index is 12.8. The molecule has 0 bridgehead atoms. The smallest absolute Gasteiger partial charge is 0.303 e. The first-order valence-corrected chi connectivity index (χ1v) is 12.0. The molecule has 0 N–H and O–H groups in total. The molecule has 8 nitrogen and oxygen atoms in total. The average Bonchev–Trinajstić information content (AvgIpc) is 3.28. The number of anilines is 2. The van der Waals surface area contributed by atoms with Crippen LogP contribution in [0.1, 0.15) is 0 Å². The van der Waals surface area contributed by atoms with Crippen LogP contribution >= 0.6 is 11.3 Å². The van der Waals surface area contributed by atoms with Crippen LogP contribution in [0.15, 0.2) is 38.9 Å². The Morgan fingerprint density at radius 1 is 1.15 bits per heavy atom. The molecule has 34 heavy (non-hydrogen) atoms. The summed E-state index contributed by atoms with van der Waals surface area (Å²) in [5.74, 6) is 6.55. The summed E-state index contributed by atoms with van der Waals surface area (Å²) in [5.41, 5.74) is 2.81. The molecule has 1 amide bonds. The molecule has 0 atom stereocenters. The predicted molar refractivity (Wildman–Crippen MR) is 133 cm³/mol. The van der Waals surface area contributed by atoms with Gasteiger partial charge >= 0.3 is 5.91 Å². The molecule has 0 saturated carbocycles. The van der Waals surface area contributed by atoms with E-state index in [1.54, 1.807) is 11.0 Å². The number of carbonyl (C=O) groups is 1. The van der Waals surface area contributed by atoms with Crippen LogP contribution in [-0.4, -0.2) is 70.9 Å². The van der Waals surface area contributed by atoms with Crippen molar-refractivity contribution < 1.29 is 18.7 Å². The zero-order valence-electron chi connectivity index (χ0n) is 19.1. The van der Waals surface area contributed by atoms with E-state index in [9.17, 15) is 9.59 Å². The van der Waals surface area contributed by atoms with Crippen molar-refractivity contribution in [2.75, 3.05) is 69.9 Å². The molecule has 0 unspecified atom stereocenters. The Hall–Kier alpha value is -3.32. The third-order valence-corrected chi connectivity index (χ3v) is 6.70. The van der Waals surface area contributed by atoms with Gasteiger partial charge in [0.05, 0.1) is 32.0 Å². The number of carbonyl (C=O) groups excluding carboxylic acids is 1. The number of morpholine rings is 1. The Labute approximate surface area is 201 Å². The van der Waals surface area contributed by atoms with Crippen LogP contribution in [0.4, 0.5) is 11.6 Å². The summed E-state index contributed by atoms with van der Waals surface area (Å²) < 4.78 is 18.0. The lowest BCUT2D eigenvalue weighted by Gasteiger charge is -2.28. The monoisotopic (exact) mass is 479 g/mol. The Balaban J connectivity index is 1.53. The van der Waals surface area contributed by atoms with Gasteiger partial charge in [-0.1, -0.05) is 12.0 Å². The topological polar surface area (TPSA) is 75.5 Å². The molecular formula is C25H25N3O5S. The summed E-state index contributed by atoms with van der Waals surface area (Å²) in [5, 5.41) is 1.92. The maximum absolute atomic E-state index is 12.8. The lowest BCUT2D eigenvalue weighted by atomic mass is 10.1. The third-order valence-electron chi connectivity index (χ3n) is 5.72. The number of hydrogen-bond acceptors (Lipinski definition) is 8. The molecule has 2 aliphatic rings. The van der Waals surface area contributed by atoms with E-state index in [-0.39, 0.29) is 11.3 Å². The van der Waals surface area contributed by atoms with Crippen molar-refractivity contribution in [3.8, 4) is 28.7 Å². The minimum atomic E-state index is -0.264. The minimum Gasteiger partial charge on any atom is -0.490 e. The number of ether oxygens (including phenoxy) is 2. The van der Waals surface area contributed by atoms with Gasteiger partial charge in [-0.3, -0.25) is 19.4 Å². The Morgan fingerprint density at radius 2 is 1.97 bits per heavy atom. The molecule has 1 aromatic carbocycles. The highest BCUT2D eigenvalue weighted by atomic mass is 32.1. The van der Waals surface area contributed by atoms with Crippen LogP contribution in [-0.2, 0) is 9.53 Å². The molecule has 5 rings (SSSR count). The molecule has 0 radical (unpaired) electrons. The molecule has 1 fully saturated rings. The van der Waals surface area contributed by atoms with Crippen molar-refractivity contribution in [2.45, 2.75) is 0 Å². The quantitative estimate of drug-likeness (QED) is 0.535. The van der Waals surface area contributed by atoms with E-state index in [1.165, 1.54) is 11.3 Å². The molecular weight excluding hydrogens is 454 g/mol. The van der Waals surface area contributed by atoms with Gasteiger partial charge in [0.15, 0.2) is 11.5 Å². The van der Waals surface area contributed by atoms with Gasteiger partial charge in [-0.25, -0.2) is 0 Å². The zero-order chi connectivity index (χ0) is 23.7. The summed E-state index contributed by atoms with van der Waals surface area (Å²) in [4.78, 5) is 31.2. The molecule has 176 valence electrons. The fraction of sp³-hybridized carbons (Fsp3) is 0.360. The number of fused-ring (bicyclic) bond motifs is 2. The van der Waals surface area contributed by atoms with Crippen molar-refractivity contribution in [3.63, 3.8) is 0 Å². The number of thiophene rings is 1. The van der Waals surface area contributed by atoms with Gasteiger partial charge in [0.1, 0.15) is 17.1 Å². The highest BCUT2D eigenvalue weighted by Gasteiger charge is 2.25. The molecule has 1 saturated heterocycles. The molecule has 2 aromatic heterocycles. The molecule has 4 heterocycles. The lowest BCUT2D eigenvalue weighted by molar-refractivity contribution is -0.113. The summed E-state index contributed by atoms with van der Waals surface area (Å²) in [6.45, 7) is 3.90. The second kappa shape index (κ2) is 9.50. The van der Waals surface area contributed by atoms with E-state index in [1.807, 2.05) is 47.5 Å². The first kappa shape index (κ1) is 22.5. The lowest BCUT2D eigenvalue weighted by Crippen LogP contribution is -2.37. The van der Waals surface area contributed by atoms with E-state index in [0.717, 1.165) is 11.1 Å². The summed E-state index contributed by atoms with van der Waals surface area (Å²) in [6, 6.07) is 7.24. The average molecular weight is 480 g/mol. The van der Waals surface area contributed by atoms with Crippen LogP contribution in [0.3, 0.4) is 0 Å². The van der Waals surface area contributed by atoms with Crippen molar-refractivity contribution in [2.24, 2.45) is 0 Å². The number of amides is 1. The van der Waals surface area contributed by atoms with E-state index in [2.05, 4.69) is 11.8 Å². The van der Waals surface area contributed by atoms with Gasteiger partial charge < -0.3 is 18.8 Å². The SMILES string of the molecule is CN(C)CC#CC(=O)N1CCOc2ccc(-c3csc4c(=O)cc(N5CCOCC5)oc34)cc21. The van der Waals surface area contributed by atoms with E-state index in [4.69, 9.17) is 13.9 Å². The van der Waals surface area contributed by atoms with Crippen molar-refractivity contribution in [1.29, 1.82) is 0 Å². The van der Waals surface area contributed by atoms with Crippen LogP contribution < -0.4 is 20.0 Å². The normalized spacial score (nSPS) is 15.6. The van der Waals surface area contributed by atoms with Gasteiger partial charge in [-0.15, -0.1) is 11.3 Å². The first-order valence-electron chi connectivity index (χ1n) is 11.1. The van der Waals surface area contributed by atoms with Crippen molar-refractivity contribution >= 4 is 39.1 Å². The van der Waals surface area contributed by atoms with Crippen LogP contribution in [0.2, 0.25) is 0 Å². The Kier molecular flexibility index (Phi) is 6.28. The Morgan fingerprint density at radius 3 is 2.76 bits per heavy atom. The van der Waals surface area contributed by atoms with Crippen molar-refractivity contribution in [1.82, 2.24) is 4.90 Å². The number of benzene rings is 1. The predicted octanol–water partition coefficient (Wildman–Crippen LogP) is 2.65. The number of hydrogen-bond donors (Lipinski definition) is 0. The largest absolute Gasteiger partial charge is 0.490 e. The molecule has 9 heteroatoms. The standard InChI is InChI=1S/C25H25N3O5S/c1-26(2)7-3-4-22(30)28-10-13-32-21-6-5-17(14-19(21)28)18-16-34-25-20(29)15-23(33-24(18)25)27-8-11-31-12-9-27/h5-6,14-16H,7-13H2,1-2H3. The summed E-state index contributed by atoms with van der Waals surface area (Å²) >= 11 is 1.36. The van der Waals surface area contributed by atoms with Gasteiger partial charge in [0.2, 0.25) is 5.43 Å². The van der Waals surface area contributed by atoms with Crippen molar-refractivity contribution in [3.05, 3.63) is 39.9 Å². The van der Waals surface area contributed by atoms with E-state index in [0.29, 0.717) is 73.6 Å². The van der Waals surface area contributed by atoms with Crippen LogP contribution in [0, 0.1) is 11.8 Å². The molecule has 0 aliphatic carbocycles. The highest BCUT2D eigenvalue weighted by Crippen LogP contribution is 2.40. The van der Waals surface area contributed by atoms with Gasteiger partial charge in [-0.2, -0.15) is 0 Å². The third kappa shape index (κ3) is 4.40. The van der Waals surface area contributed by atoms with E-state index < -0.39 is 0 Å². The second-order valence-corrected chi connectivity index (χ2v) is 9.26. The second-order valence-electron chi connectivity index (χ2n) is 8.38.